The van der Waals surface area contributed by atoms with Gasteiger partial charge in [-0.25, -0.2) is 0 Å². The highest BCUT2D eigenvalue weighted by atomic mass is 16.1. The summed E-state index contributed by atoms with van der Waals surface area (Å²) in [4.78, 5) is 11.4. The van der Waals surface area contributed by atoms with Crippen LogP contribution < -0.4 is 0 Å². The second-order valence-electron chi connectivity index (χ2n) is 3.98. The topological polar surface area (TPSA) is 17.1 Å². The Morgan fingerprint density at radius 2 is 2.18 bits per heavy atom. The molecular formula is C10H14O. The predicted molar refractivity (Wildman–Crippen MR) is 44.1 cm³/mol. The summed E-state index contributed by atoms with van der Waals surface area (Å²) in [5.41, 5.74) is 1.32. The molecule has 11 heavy (non-hydrogen) atoms. The van der Waals surface area contributed by atoms with E-state index in [0.717, 1.165) is 0 Å². The lowest BCUT2D eigenvalue weighted by Crippen LogP contribution is -2.16. The van der Waals surface area contributed by atoms with E-state index in [1.165, 1.54) is 18.4 Å². The molecule has 0 aromatic heterocycles. The molecule has 0 N–H and O–H groups in total. The highest BCUT2D eigenvalue weighted by molar-refractivity contribution is 5.96. The van der Waals surface area contributed by atoms with Crippen molar-refractivity contribution in [1.82, 2.24) is 0 Å². The minimum atomic E-state index is 0.356. The molecule has 0 spiro atoms. The first kappa shape index (κ1) is 7.08. The van der Waals surface area contributed by atoms with Crippen molar-refractivity contribution in [3.63, 3.8) is 0 Å². The summed E-state index contributed by atoms with van der Waals surface area (Å²) >= 11 is 0. The number of hydrogen-bond donors (Lipinski definition) is 0. The fourth-order valence-electron chi connectivity index (χ4n) is 2.62. The first-order valence-corrected chi connectivity index (χ1v) is 4.42. The molecule has 0 saturated heterocycles. The molecule has 1 nitrogen and oxygen atoms in total. The van der Waals surface area contributed by atoms with Crippen molar-refractivity contribution in [1.29, 1.82) is 0 Å². The Bertz CT molecular complexity index is 227. The molecule has 0 aromatic carbocycles. The van der Waals surface area contributed by atoms with Gasteiger partial charge in [-0.2, -0.15) is 0 Å². The van der Waals surface area contributed by atoms with Gasteiger partial charge in [-0.15, -0.1) is 0 Å². The van der Waals surface area contributed by atoms with Crippen LogP contribution in [0.1, 0.15) is 26.7 Å². The monoisotopic (exact) mass is 150 g/mol. The molecule has 2 aliphatic carbocycles. The Hall–Kier alpha value is -0.590. The van der Waals surface area contributed by atoms with E-state index in [4.69, 9.17) is 0 Å². The van der Waals surface area contributed by atoms with Crippen LogP contribution in [0.15, 0.2) is 11.6 Å². The molecule has 1 heteroatoms. The van der Waals surface area contributed by atoms with Gasteiger partial charge in [-0.3, -0.25) is 4.79 Å². The largest absolute Gasteiger partial charge is 0.295 e. The van der Waals surface area contributed by atoms with E-state index in [1.807, 2.05) is 6.08 Å². The fourth-order valence-corrected chi connectivity index (χ4v) is 2.62. The molecule has 3 atom stereocenters. The number of allylic oxidation sites excluding steroid dienone is 2. The zero-order chi connectivity index (χ0) is 8.01. The van der Waals surface area contributed by atoms with Crippen LogP contribution in [0.4, 0.5) is 0 Å². The zero-order valence-corrected chi connectivity index (χ0v) is 7.13. The van der Waals surface area contributed by atoms with Gasteiger partial charge in [0.05, 0.1) is 0 Å². The Morgan fingerprint density at radius 3 is 2.82 bits per heavy atom. The smallest absolute Gasteiger partial charge is 0.159 e. The molecule has 1 saturated carbocycles. The van der Waals surface area contributed by atoms with E-state index in [2.05, 4.69) is 13.8 Å². The van der Waals surface area contributed by atoms with Crippen LogP contribution in [0, 0.1) is 17.8 Å². The van der Waals surface area contributed by atoms with Crippen molar-refractivity contribution >= 4 is 5.78 Å². The minimum absolute atomic E-state index is 0.356. The van der Waals surface area contributed by atoms with Crippen LogP contribution in [0.2, 0.25) is 0 Å². The van der Waals surface area contributed by atoms with Gasteiger partial charge in [-0.1, -0.05) is 12.5 Å². The quantitative estimate of drug-likeness (QED) is 0.517. The summed E-state index contributed by atoms with van der Waals surface area (Å²) in [6, 6.07) is 0. The van der Waals surface area contributed by atoms with E-state index in [1.54, 1.807) is 0 Å². The van der Waals surface area contributed by atoms with E-state index in [0.29, 0.717) is 23.5 Å². The van der Waals surface area contributed by atoms with Crippen LogP contribution in [0.5, 0.6) is 0 Å². The average Bonchev–Trinajstić information content (AvgIpc) is 2.41. The second-order valence-corrected chi connectivity index (χ2v) is 3.98. The van der Waals surface area contributed by atoms with Crippen molar-refractivity contribution < 1.29 is 4.79 Å². The minimum Gasteiger partial charge on any atom is -0.295 e. The van der Waals surface area contributed by atoms with Gasteiger partial charge in [0.15, 0.2) is 5.78 Å². The number of fused-ring (bicyclic) bond motifs is 1. The summed E-state index contributed by atoms with van der Waals surface area (Å²) in [5.74, 6) is 1.98. The van der Waals surface area contributed by atoms with Crippen LogP contribution in [-0.4, -0.2) is 5.78 Å². The van der Waals surface area contributed by atoms with E-state index < -0.39 is 0 Å². The number of rotatable bonds is 0. The first-order chi connectivity index (χ1) is 5.20. The molecule has 2 aliphatic rings. The van der Waals surface area contributed by atoms with E-state index in [-0.39, 0.29) is 0 Å². The van der Waals surface area contributed by atoms with Gasteiger partial charge >= 0.3 is 0 Å². The summed E-state index contributed by atoms with van der Waals surface area (Å²) < 4.78 is 0. The number of ketones is 1. The third-order valence-electron chi connectivity index (χ3n) is 3.26. The predicted octanol–water partition coefficient (Wildman–Crippen LogP) is 2.18. The lowest BCUT2D eigenvalue weighted by Gasteiger charge is -2.12. The lowest BCUT2D eigenvalue weighted by atomic mass is 9.90. The second kappa shape index (κ2) is 2.20. The summed E-state index contributed by atoms with van der Waals surface area (Å²) in [7, 11) is 0. The molecule has 0 aliphatic heterocycles. The molecule has 0 amide bonds. The van der Waals surface area contributed by atoms with Crippen molar-refractivity contribution in [2.75, 3.05) is 0 Å². The maximum atomic E-state index is 11.4. The van der Waals surface area contributed by atoms with Crippen LogP contribution in [-0.2, 0) is 4.79 Å². The summed E-state index contributed by atoms with van der Waals surface area (Å²) in [6.07, 6.45) is 4.33. The molecule has 0 aromatic rings. The van der Waals surface area contributed by atoms with Gasteiger partial charge < -0.3 is 0 Å². The van der Waals surface area contributed by atoms with E-state index >= 15 is 0 Å². The SMILES string of the molecule is CC1=CC(=O)[C@H]2[C@@H](C)CC[C@@H]12. The Balaban J connectivity index is 2.29. The number of carbonyl (C=O) groups excluding carboxylic acids is 1. The summed E-state index contributed by atoms with van der Waals surface area (Å²) in [5, 5.41) is 0. The Kier molecular flexibility index (Phi) is 1.41. The summed E-state index contributed by atoms with van der Waals surface area (Å²) in [6.45, 7) is 4.30. The van der Waals surface area contributed by atoms with Crippen molar-refractivity contribution in [3.8, 4) is 0 Å². The lowest BCUT2D eigenvalue weighted by molar-refractivity contribution is -0.118. The molecule has 2 rings (SSSR count). The Morgan fingerprint density at radius 1 is 1.45 bits per heavy atom. The van der Waals surface area contributed by atoms with Gasteiger partial charge in [0.25, 0.3) is 0 Å². The number of hydrogen-bond acceptors (Lipinski definition) is 1. The molecule has 0 bridgehead atoms. The van der Waals surface area contributed by atoms with E-state index in [9.17, 15) is 4.79 Å². The normalized spacial score (nSPS) is 42.5. The Labute approximate surface area is 67.5 Å². The van der Waals surface area contributed by atoms with Crippen molar-refractivity contribution in [2.45, 2.75) is 26.7 Å². The van der Waals surface area contributed by atoms with Crippen molar-refractivity contribution in [3.05, 3.63) is 11.6 Å². The highest BCUT2D eigenvalue weighted by Gasteiger charge is 2.41. The highest BCUT2D eigenvalue weighted by Crippen LogP contribution is 2.45. The standard InChI is InChI=1S/C10H14O/c1-6-3-4-8-7(2)5-9(11)10(6)8/h5-6,8,10H,3-4H2,1-2H3/t6-,8-,10-/m0/s1. The van der Waals surface area contributed by atoms with Crippen LogP contribution >= 0.6 is 0 Å². The molecule has 0 unspecified atom stereocenters. The van der Waals surface area contributed by atoms with Crippen LogP contribution in [0.25, 0.3) is 0 Å². The molecular weight excluding hydrogens is 136 g/mol. The maximum absolute atomic E-state index is 11.4. The fraction of sp³-hybridized carbons (Fsp3) is 0.700. The van der Waals surface area contributed by atoms with Crippen molar-refractivity contribution in [2.24, 2.45) is 17.8 Å². The zero-order valence-electron chi connectivity index (χ0n) is 7.13. The molecule has 60 valence electrons. The first-order valence-electron chi connectivity index (χ1n) is 4.42. The van der Waals surface area contributed by atoms with Crippen LogP contribution in [0.3, 0.4) is 0 Å². The maximum Gasteiger partial charge on any atom is 0.159 e. The number of carbonyl (C=O) groups is 1. The third-order valence-corrected chi connectivity index (χ3v) is 3.26. The van der Waals surface area contributed by atoms with Gasteiger partial charge in [0, 0.05) is 5.92 Å². The van der Waals surface area contributed by atoms with Gasteiger partial charge in [0.2, 0.25) is 0 Å². The van der Waals surface area contributed by atoms with Gasteiger partial charge in [-0.05, 0) is 37.7 Å². The molecule has 0 heterocycles. The molecule has 1 fully saturated rings. The average molecular weight is 150 g/mol. The van der Waals surface area contributed by atoms with Gasteiger partial charge in [0.1, 0.15) is 0 Å². The third kappa shape index (κ3) is 0.867. The molecule has 0 radical (unpaired) electrons.